The van der Waals surface area contributed by atoms with Gasteiger partial charge in [-0.2, -0.15) is 0 Å². The molecule has 1 aromatic rings. The molecule has 1 aromatic carbocycles. The van der Waals surface area contributed by atoms with Crippen LogP contribution >= 0.6 is 15.9 Å². The molecule has 0 radical (unpaired) electrons. The zero-order valence-electron chi connectivity index (χ0n) is 11.2. The van der Waals surface area contributed by atoms with Crippen molar-refractivity contribution in [2.45, 2.75) is 38.8 Å². The van der Waals surface area contributed by atoms with Crippen molar-refractivity contribution >= 4 is 21.9 Å². The molecule has 0 saturated carbocycles. The fourth-order valence-corrected chi connectivity index (χ4v) is 2.32. The average molecular weight is 329 g/mol. The van der Waals surface area contributed by atoms with E-state index >= 15 is 0 Å². The molecule has 1 heterocycles. The Bertz CT molecular complexity index is 455. The Labute approximate surface area is 121 Å². The minimum absolute atomic E-state index is 0.326. The van der Waals surface area contributed by atoms with Crippen molar-refractivity contribution in [3.63, 3.8) is 0 Å². The quantitative estimate of drug-likeness (QED) is 0.799. The summed E-state index contributed by atoms with van der Waals surface area (Å²) in [5.41, 5.74) is 0.895. The van der Waals surface area contributed by atoms with Crippen molar-refractivity contribution in [3.8, 4) is 0 Å². The molecule has 1 saturated heterocycles. The molecular weight excluding hydrogens is 312 g/mol. The van der Waals surface area contributed by atoms with Gasteiger partial charge in [-0.25, -0.2) is 4.79 Å². The predicted octanol–water partition coefficient (Wildman–Crippen LogP) is 3.20. The molecule has 19 heavy (non-hydrogen) atoms. The summed E-state index contributed by atoms with van der Waals surface area (Å²) >= 11 is 3.38. The van der Waals surface area contributed by atoms with E-state index in [4.69, 9.17) is 14.2 Å². The van der Waals surface area contributed by atoms with Gasteiger partial charge >= 0.3 is 5.97 Å². The van der Waals surface area contributed by atoms with Gasteiger partial charge in [-0.05, 0) is 38.5 Å². The monoisotopic (exact) mass is 328 g/mol. The first kappa shape index (κ1) is 14.5. The average Bonchev–Trinajstić information content (AvgIpc) is 2.67. The highest BCUT2D eigenvalue weighted by atomic mass is 79.9. The Balaban J connectivity index is 2.25. The van der Waals surface area contributed by atoms with Gasteiger partial charge in [0.05, 0.1) is 6.61 Å². The van der Waals surface area contributed by atoms with Gasteiger partial charge in [0.15, 0.2) is 11.9 Å². The maximum absolute atomic E-state index is 11.9. The maximum Gasteiger partial charge on any atom is 0.338 e. The van der Waals surface area contributed by atoms with E-state index < -0.39 is 18.0 Å². The number of benzene rings is 1. The maximum atomic E-state index is 11.9. The molecule has 4 nitrogen and oxygen atoms in total. The predicted molar refractivity (Wildman–Crippen MR) is 73.6 cm³/mol. The van der Waals surface area contributed by atoms with Crippen molar-refractivity contribution in [3.05, 3.63) is 34.3 Å². The molecule has 0 aromatic heterocycles. The molecule has 0 unspecified atom stereocenters. The lowest BCUT2D eigenvalue weighted by atomic mass is 10.0. The highest BCUT2D eigenvalue weighted by Crippen LogP contribution is 2.39. The van der Waals surface area contributed by atoms with E-state index in [9.17, 15) is 4.79 Å². The molecule has 2 atom stereocenters. The van der Waals surface area contributed by atoms with Crippen LogP contribution in [0, 0.1) is 0 Å². The van der Waals surface area contributed by atoms with Crippen LogP contribution in [0.15, 0.2) is 28.7 Å². The zero-order chi connectivity index (χ0) is 14.0. The van der Waals surface area contributed by atoms with E-state index in [0.29, 0.717) is 6.61 Å². The van der Waals surface area contributed by atoms with Gasteiger partial charge in [0.1, 0.15) is 6.10 Å². The summed E-state index contributed by atoms with van der Waals surface area (Å²) in [6.07, 6.45) is -1.17. The molecule has 5 heteroatoms. The Morgan fingerprint density at radius 3 is 2.53 bits per heavy atom. The summed E-state index contributed by atoms with van der Waals surface area (Å²) in [7, 11) is 0. The van der Waals surface area contributed by atoms with Crippen LogP contribution in [-0.4, -0.2) is 24.5 Å². The third kappa shape index (κ3) is 3.35. The van der Waals surface area contributed by atoms with E-state index in [2.05, 4.69) is 15.9 Å². The van der Waals surface area contributed by atoms with Gasteiger partial charge in [0, 0.05) is 4.47 Å². The van der Waals surface area contributed by atoms with Crippen LogP contribution < -0.4 is 0 Å². The largest absolute Gasteiger partial charge is 0.464 e. The number of halogens is 1. The number of rotatable bonds is 3. The lowest BCUT2D eigenvalue weighted by molar-refractivity contribution is -0.170. The summed E-state index contributed by atoms with van der Waals surface area (Å²) in [5.74, 6) is -1.18. The molecule has 1 aliphatic heterocycles. The second-order valence-corrected chi connectivity index (χ2v) is 5.70. The Hall–Kier alpha value is -0.910. The van der Waals surface area contributed by atoms with E-state index in [1.165, 1.54) is 0 Å². The van der Waals surface area contributed by atoms with Crippen LogP contribution in [0.2, 0.25) is 0 Å². The van der Waals surface area contributed by atoms with Gasteiger partial charge in [-0.15, -0.1) is 0 Å². The number of hydrogen-bond donors (Lipinski definition) is 0. The van der Waals surface area contributed by atoms with Gasteiger partial charge in [-0.1, -0.05) is 28.1 Å². The summed E-state index contributed by atoms with van der Waals surface area (Å²) < 4.78 is 17.5. The molecular formula is C14H17BrO4. The van der Waals surface area contributed by atoms with E-state index in [-0.39, 0.29) is 5.97 Å². The third-order valence-electron chi connectivity index (χ3n) is 2.81. The van der Waals surface area contributed by atoms with Crippen molar-refractivity contribution in [2.75, 3.05) is 6.61 Å². The van der Waals surface area contributed by atoms with Crippen molar-refractivity contribution in [1.29, 1.82) is 0 Å². The van der Waals surface area contributed by atoms with Crippen molar-refractivity contribution < 1.29 is 19.0 Å². The number of ether oxygens (including phenoxy) is 3. The third-order valence-corrected chi connectivity index (χ3v) is 3.34. The highest BCUT2D eigenvalue weighted by molar-refractivity contribution is 9.10. The van der Waals surface area contributed by atoms with Crippen LogP contribution in [0.3, 0.4) is 0 Å². The van der Waals surface area contributed by atoms with Crippen LogP contribution in [0.5, 0.6) is 0 Å². The first-order valence-corrected chi connectivity index (χ1v) is 7.00. The summed E-state index contributed by atoms with van der Waals surface area (Å²) in [6, 6.07) is 7.63. The first-order valence-electron chi connectivity index (χ1n) is 6.20. The molecule has 0 amide bonds. The van der Waals surface area contributed by atoms with E-state index in [0.717, 1.165) is 10.0 Å². The fraction of sp³-hybridized carbons (Fsp3) is 0.500. The Morgan fingerprint density at radius 1 is 1.32 bits per heavy atom. The topological polar surface area (TPSA) is 44.8 Å². The number of hydrogen-bond acceptors (Lipinski definition) is 4. The molecule has 0 N–H and O–H groups in total. The normalized spacial score (nSPS) is 25.3. The van der Waals surface area contributed by atoms with Gasteiger partial charge in [-0.3, -0.25) is 0 Å². The summed E-state index contributed by atoms with van der Waals surface area (Å²) in [5, 5.41) is 0. The van der Waals surface area contributed by atoms with E-state index in [1.807, 2.05) is 24.3 Å². The SMILES string of the molecule is CCOC(=O)[C@@H]1OC(C)(C)O[C@H]1c1ccc(Br)cc1. The molecule has 2 rings (SSSR count). The first-order chi connectivity index (χ1) is 8.93. The molecule has 104 valence electrons. The van der Waals surface area contributed by atoms with Gasteiger partial charge in [0.2, 0.25) is 0 Å². The molecule has 0 spiro atoms. The van der Waals surface area contributed by atoms with Crippen LogP contribution in [-0.2, 0) is 19.0 Å². The van der Waals surface area contributed by atoms with E-state index in [1.54, 1.807) is 20.8 Å². The molecule has 1 fully saturated rings. The van der Waals surface area contributed by atoms with Crippen LogP contribution in [0.25, 0.3) is 0 Å². The van der Waals surface area contributed by atoms with Crippen LogP contribution in [0.4, 0.5) is 0 Å². The Kier molecular flexibility index (Phi) is 4.28. The Morgan fingerprint density at radius 2 is 1.95 bits per heavy atom. The summed E-state index contributed by atoms with van der Waals surface area (Å²) in [4.78, 5) is 11.9. The fourth-order valence-electron chi connectivity index (χ4n) is 2.05. The molecule has 0 aliphatic carbocycles. The molecule has 1 aliphatic rings. The standard InChI is InChI=1S/C14H17BrO4/c1-4-17-13(16)12-11(18-14(2,3)19-12)9-5-7-10(15)8-6-9/h5-8,11-12H,4H2,1-3H3/t11-,12+/m0/s1. The van der Waals surface area contributed by atoms with Crippen molar-refractivity contribution in [2.24, 2.45) is 0 Å². The zero-order valence-corrected chi connectivity index (χ0v) is 12.8. The van der Waals surface area contributed by atoms with Crippen molar-refractivity contribution in [1.82, 2.24) is 0 Å². The van der Waals surface area contributed by atoms with Gasteiger partial charge < -0.3 is 14.2 Å². The smallest absolute Gasteiger partial charge is 0.338 e. The van der Waals surface area contributed by atoms with Gasteiger partial charge in [0.25, 0.3) is 0 Å². The number of carbonyl (C=O) groups excluding carboxylic acids is 1. The minimum atomic E-state index is -0.796. The lowest BCUT2D eigenvalue weighted by Crippen LogP contribution is -2.29. The second kappa shape index (κ2) is 5.61. The number of esters is 1. The molecule has 0 bridgehead atoms. The number of carbonyl (C=O) groups is 1. The highest BCUT2D eigenvalue weighted by Gasteiger charge is 2.46. The second-order valence-electron chi connectivity index (χ2n) is 4.78. The summed E-state index contributed by atoms with van der Waals surface area (Å²) in [6.45, 7) is 5.68. The van der Waals surface area contributed by atoms with Crippen LogP contribution in [0.1, 0.15) is 32.4 Å². The lowest BCUT2D eigenvalue weighted by Gasteiger charge is -2.16. The minimum Gasteiger partial charge on any atom is -0.464 e.